The summed E-state index contributed by atoms with van der Waals surface area (Å²) in [5.74, 6) is -0.683. The van der Waals surface area contributed by atoms with Crippen LogP contribution in [0, 0.1) is 0 Å². The van der Waals surface area contributed by atoms with Crippen LogP contribution in [0.15, 0.2) is 42.0 Å². The zero-order chi connectivity index (χ0) is 32.3. The van der Waals surface area contributed by atoms with E-state index in [1.807, 2.05) is 0 Å². The highest BCUT2D eigenvalue weighted by atomic mass is 31.3. The van der Waals surface area contributed by atoms with Crippen LogP contribution in [0.3, 0.4) is 0 Å². The molecule has 1 saturated heterocycles. The van der Waals surface area contributed by atoms with Gasteiger partial charge in [0.2, 0.25) is 0 Å². The summed E-state index contributed by atoms with van der Waals surface area (Å²) >= 11 is 0. The molecule has 3 aromatic rings. The highest BCUT2D eigenvalue weighted by Crippen LogP contribution is 2.66. The minimum Gasteiger partial charge on any atom is -0.459 e. The van der Waals surface area contributed by atoms with Crippen LogP contribution in [0.25, 0.3) is 21.6 Å². The number of anilines is 1. The van der Waals surface area contributed by atoms with Gasteiger partial charge in [-0.15, -0.1) is 0 Å². The second-order valence-corrected chi connectivity index (χ2v) is 13.5. The molecule has 3 heterocycles. The number of aromatic nitrogens is 4. The van der Waals surface area contributed by atoms with E-state index >= 15 is 0 Å². The number of hydrogen-bond donors (Lipinski definition) is 5. The van der Waals surface area contributed by atoms with Gasteiger partial charge in [-0.25, -0.2) is 28.6 Å². The van der Waals surface area contributed by atoms with E-state index in [0.717, 1.165) is 0 Å². The van der Waals surface area contributed by atoms with E-state index in [1.165, 1.54) is 17.2 Å². The number of hydrogen-bond acceptors (Lipinski definition) is 14. The van der Waals surface area contributed by atoms with Crippen molar-refractivity contribution in [3.63, 3.8) is 0 Å². The molecule has 0 amide bonds. The molecule has 1 aliphatic heterocycles. The molecule has 4 rings (SSSR count). The van der Waals surface area contributed by atoms with Crippen LogP contribution < -0.4 is 5.73 Å². The van der Waals surface area contributed by atoms with Crippen LogP contribution in [-0.2, 0) is 47.5 Å². The van der Waals surface area contributed by atoms with Crippen LogP contribution in [0.4, 0.5) is 5.82 Å². The van der Waals surface area contributed by atoms with E-state index in [4.69, 9.17) is 35.0 Å². The number of carbonyl (C=O) groups excluding carboxylic acids is 1. The van der Waals surface area contributed by atoms with E-state index in [-0.39, 0.29) is 29.8 Å². The zero-order valence-electron chi connectivity index (χ0n) is 22.4. The summed E-state index contributed by atoms with van der Waals surface area (Å²) in [5.41, 5.74) is 16.2. The molecule has 2 aromatic heterocycles. The van der Waals surface area contributed by atoms with Crippen LogP contribution in [0.1, 0.15) is 36.7 Å². The van der Waals surface area contributed by atoms with Gasteiger partial charge < -0.3 is 34.8 Å². The smallest absolute Gasteiger partial charge is 0.459 e. The SMILES string of the molecule is CC(N=[N+]=[N-])c1ccccc1CC(=O)OC1C[C@H](n2cnc3c(N)ncnc32)O[C@@H]1COP(=O)(O)OP(=O)(O)OP(=O)(O)O. The Morgan fingerprint density at radius 1 is 1.18 bits per heavy atom. The first-order chi connectivity index (χ1) is 20.6. The lowest BCUT2D eigenvalue weighted by molar-refractivity contribution is -0.152. The molecule has 6 N–H and O–H groups in total. The average molecular weight is 678 g/mol. The lowest BCUT2D eigenvalue weighted by Gasteiger charge is -2.21. The van der Waals surface area contributed by atoms with Gasteiger partial charge in [0.15, 0.2) is 11.5 Å². The first-order valence-electron chi connectivity index (χ1n) is 12.3. The van der Waals surface area contributed by atoms with E-state index in [9.17, 15) is 28.3 Å². The maximum Gasteiger partial charge on any atom is 0.490 e. The Labute approximate surface area is 247 Å². The number of nitrogen functional groups attached to an aromatic ring is 1. The molecular formula is C20H25N8O13P3. The fourth-order valence-corrected chi connectivity index (χ4v) is 7.34. The number of esters is 1. The van der Waals surface area contributed by atoms with Crippen molar-refractivity contribution in [1.29, 1.82) is 0 Å². The maximum atomic E-state index is 13.1. The first kappa shape index (κ1) is 33.6. The third-order valence-electron chi connectivity index (χ3n) is 6.04. The summed E-state index contributed by atoms with van der Waals surface area (Å²) in [7, 11) is -16.9. The monoisotopic (exact) mass is 678 g/mol. The Kier molecular flexibility index (Phi) is 10.2. The van der Waals surface area contributed by atoms with E-state index in [1.54, 1.807) is 31.2 Å². The van der Waals surface area contributed by atoms with Gasteiger partial charge >= 0.3 is 29.4 Å². The van der Waals surface area contributed by atoms with E-state index in [0.29, 0.717) is 11.1 Å². The topological polar surface area (TPSA) is 314 Å². The molecule has 44 heavy (non-hydrogen) atoms. The number of phosphoric acid groups is 3. The third kappa shape index (κ3) is 8.67. The molecule has 238 valence electrons. The fraction of sp³-hybridized carbons (Fsp3) is 0.400. The van der Waals surface area contributed by atoms with Gasteiger partial charge in [-0.3, -0.25) is 13.9 Å². The van der Waals surface area contributed by atoms with Gasteiger partial charge in [0.25, 0.3) is 0 Å². The molecule has 0 bridgehead atoms. The van der Waals surface area contributed by atoms with Crippen molar-refractivity contribution in [2.45, 2.75) is 44.2 Å². The van der Waals surface area contributed by atoms with Gasteiger partial charge in [-0.05, 0) is 16.7 Å². The summed E-state index contributed by atoms with van der Waals surface area (Å²) in [5, 5.41) is 3.65. The Bertz CT molecular complexity index is 1730. The first-order valence-corrected chi connectivity index (χ1v) is 16.8. The molecule has 0 radical (unpaired) electrons. The van der Waals surface area contributed by atoms with Crippen molar-refractivity contribution in [3.8, 4) is 0 Å². The number of imidazole rings is 1. The van der Waals surface area contributed by atoms with Gasteiger partial charge in [-0.2, -0.15) is 8.62 Å². The molecule has 1 fully saturated rings. The quantitative estimate of drug-likeness (QED) is 0.0570. The second kappa shape index (κ2) is 13.4. The van der Waals surface area contributed by atoms with Crippen LogP contribution in [0.2, 0.25) is 0 Å². The molecular weight excluding hydrogens is 653 g/mol. The van der Waals surface area contributed by atoms with Crippen molar-refractivity contribution in [3.05, 3.63) is 58.5 Å². The molecule has 6 atom stereocenters. The number of fused-ring (bicyclic) bond motifs is 1. The Morgan fingerprint density at radius 3 is 2.61 bits per heavy atom. The zero-order valence-corrected chi connectivity index (χ0v) is 25.1. The molecule has 0 saturated carbocycles. The number of benzene rings is 1. The third-order valence-corrected chi connectivity index (χ3v) is 9.85. The highest BCUT2D eigenvalue weighted by molar-refractivity contribution is 7.66. The Morgan fingerprint density at radius 2 is 1.91 bits per heavy atom. The van der Waals surface area contributed by atoms with Gasteiger partial charge in [0.1, 0.15) is 30.3 Å². The number of ether oxygens (including phenoxy) is 2. The minimum absolute atomic E-state index is 0.0672. The molecule has 0 aliphatic carbocycles. The number of rotatable bonds is 13. The Hall–Kier alpha value is -3.28. The van der Waals surface area contributed by atoms with Crippen molar-refractivity contribution in [1.82, 2.24) is 19.5 Å². The molecule has 21 nitrogen and oxygen atoms in total. The summed E-state index contributed by atoms with van der Waals surface area (Å²) in [4.78, 5) is 64.7. The van der Waals surface area contributed by atoms with Crippen molar-refractivity contribution < 1.29 is 60.7 Å². The summed E-state index contributed by atoms with van der Waals surface area (Å²) in [6.07, 6.45) is -1.22. The maximum absolute atomic E-state index is 13.1. The summed E-state index contributed by atoms with van der Waals surface area (Å²) < 4.78 is 60.1. The van der Waals surface area contributed by atoms with E-state index in [2.05, 4.69) is 33.6 Å². The number of carbonyl (C=O) groups is 1. The largest absolute Gasteiger partial charge is 0.490 e. The normalized spacial score (nSPS) is 22.1. The summed E-state index contributed by atoms with van der Waals surface area (Å²) in [6, 6.07) is 6.10. The second-order valence-electron chi connectivity index (χ2n) is 9.12. The average Bonchev–Trinajstić information content (AvgIpc) is 3.50. The molecule has 1 aliphatic rings. The number of phosphoric ester groups is 1. The number of nitrogens with two attached hydrogens (primary N) is 1. The lowest BCUT2D eigenvalue weighted by atomic mass is 9.99. The predicted molar refractivity (Wildman–Crippen MR) is 146 cm³/mol. The number of nitrogens with zero attached hydrogens (tertiary/aromatic N) is 7. The molecule has 24 heteroatoms. The predicted octanol–water partition coefficient (Wildman–Crippen LogP) is 2.57. The minimum atomic E-state index is -5.77. The summed E-state index contributed by atoms with van der Waals surface area (Å²) in [6.45, 7) is 0.760. The molecule has 1 aromatic carbocycles. The van der Waals surface area contributed by atoms with Gasteiger partial charge in [0, 0.05) is 11.3 Å². The van der Waals surface area contributed by atoms with E-state index < -0.39 is 60.5 Å². The van der Waals surface area contributed by atoms with Crippen molar-refractivity contribution in [2.75, 3.05) is 12.3 Å². The Balaban J connectivity index is 1.54. The van der Waals surface area contributed by atoms with Crippen LogP contribution in [0.5, 0.6) is 0 Å². The lowest BCUT2D eigenvalue weighted by Crippen LogP contribution is -2.31. The molecule has 0 spiro atoms. The van der Waals surface area contributed by atoms with Gasteiger partial charge in [0.05, 0.1) is 25.4 Å². The van der Waals surface area contributed by atoms with Crippen molar-refractivity contribution in [2.24, 2.45) is 5.11 Å². The fourth-order valence-electron chi connectivity index (χ4n) is 4.31. The number of azide groups is 1. The van der Waals surface area contributed by atoms with Crippen LogP contribution in [-0.4, -0.2) is 63.9 Å². The molecule has 4 unspecified atom stereocenters. The van der Waals surface area contributed by atoms with Gasteiger partial charge in [-0.1, -0.05) is 36.3 Å². The van der Waals surface area contributed by atoms with Crippen molar-refractivity contribution >= 4 is 46.4 Å². The standard InChI is InChI=1S/C20H25N8O13P3/c1-11(26-27-22)13-5-3-2-4-12(13)6-17(29)39-14-7-16(28-10-25-18-19(21)23-9-24-20(18)28)38-15(14)8-37-43(33,34)41-44(35,36)40-42(30,31)32/h2-5,9-11,14-16H,6-8H2,1H3,(H,33,34)(H,35,36)(H2,21,23,24)(H2,30,31,32)/t11?,14?,15-,16-/m1/s1. The highest BCUT2D eigenvalue weighted by Gasteiger charge is 2.44. The van der Waals surface area contributed by atoms with Crippen LogP contribution >= 0.6 is 23.5 Å².